The number of nitrogens with one attached hydrogen (secondary N) is 1. The van der Waals surface area contributed by atoms with Gasteiger partial charge in [0.25, 0.3) is 5.91 Å². The molecule has 0 radical (unpaired) electrons. The summed E-state index contributed by atoms with van der Waals surface area (Å²) >= 11 is 0. The van der Waals surface area contributed by atoms with Crippen LogP contribution in [0.15, 0.2) is 67.0 Å². The Hall–Kier alpha value is -3.47. The summed E-state index contributed by atoms with van der Waals surface area (Å²) in [4.78, 5) is 37.7. The molecule has 0 saturated carbocycles. The highest BCUT2D eigenvalue weighted by atomic mass is 16.2. The fourth-order valence-corrected chi connectivity index (χ4v) is 3.33. The molecular weight excluding hydrogens is 340 g/mol. The van der Waals surface area contributed by atoms with Gasteiger partial charge >= 0.3 is 0 Å². The van der Waals surface area contributed by atoms with E-state index >= 15 is 0 Å². The van der Waals surface area contributed by atoms with Crippen molar-refractivity contribution in [3.05, 3.63) is 94.8 Å². The molecule has 27 heavy (non-hydrogen) atoms. The lowest BCUT2D eigenvalue weighted by molar-refractivity contribution is 0.0950. The molecule has 0 aliphatic heterocycles. The molecule has 0 atom stereocenters. The molecule has 0 unspecified atom stereocenters. The number of ketones is 2. The van der Waals surface area contributed by atoms with E-state index in [-0.39, 0.29) is 17.5 Å². The summed E-state index contributed by atoms with van der Waals surface area (Å²) in [5, 5.41) is 2.86. The summed E-state index contributed by atoms with van der Waals surface area (Å²) < 4.78 is 2.05. The minimum absolute atomic E-state index is 0.182. The molecular formula is C22H18N2O3. The third-order valence-corrected chi connectivity index (χ3v) is 4.73. The van der Waals surface area contributed by atoms with Crippen molar-refractivity contribution < 1.29 is 14.4 Å². The molecule has 1 heterocycles. The second-order valence-electron chi connectivity index (χ2n) is 6.49. The van der Waals surface area contributed by atoms with Crippen LogP contribution in [0.1, 0.15) is 48.6 Å². The molecule has 4 rings (SSSR count). The van der Waals surface area contributed by atoms with Gasteiger partial charge in [-0.1, -0.05) is 24.3 Å². The van der Waals surface area contributed by atoms with Gasteiger partial charge in [-0.25, -0.2) is 0 Å². The van der Waals surface area contributed by atoms with Crippen molar-refractivity contribution in [2.45, 2.75) is 13.0 Å². The molecule has 5 nitrogen and oxygen atoms in total. The van der Waals surface area contributed by atoms with Crippen molar-refractivity contribution in [2.24, 2.45) is 0 Å². The summed E-state index contributed by atoms with van der Waals surface area (Å²) in [5.74, 6) is -0.647. The van der Waals surface area contributed by atoms with Gasteiger partial charge in [-0.3, -0.25) is 14.4 Å². The van der Waals surface area contributed by atoms with E-state index in [2.05, 4.69) is 5.32 Å². The largest absolute Gasteiger partial charge is 0.354 e. The standard InChI is InChI=1S/C22H18N2O3/c25-20-16-6-1-2-7-17(16)21(26)19-14-15(8-9-18(19)20)22(27)23-10-5-13-24-11-3-4-12-24/h1-4,6-9,11-12,14H,5,10,13H2,(H,23,27). The van der Waals surface area contributed by atoms with Gasteiger partial charge in [0.2, 0.25) is 0 Å². The smallest absolute Gasteiger partial charge is 0.251 e. The number of amides is 1. The van der Waals surface area contributed by atoms with Crippen LogP contribution in [0, 0.1) is 0 Å². The van der Waals surface area contributed by atoms with Crippen LogP contribution < -0.4 is 5.32 Å². The van der Waals surface area contributed by atoms with Crippen molar-refractivity contribution >= 4 is 17.5 Å². The van der Waals surface area contributed by atoms with Crippen LogP contribution in [0.2, 0.25) is 0 Å². The summed E-state index contributed by atoms with van der Waals surface area (Å²) in [6, 6.07) is 15.4. The molecule has 1 aliphatic rings. The van der Waals surface area contributed by atoms with Crippen molar-refractivity contribution in [1.82, 2.24) is 9.88 Å². The maximum Gasteiger partial charge on any atom is 0.251 e. The van der Waals surface area contributed by atoms with E-state index in [1.807, 2.05) is 29.1 Å². The number of hydrogen-bond donors (Lipinski definition) is 1. The zero-order valence-corrected chi connectivity index (χ0v) is 14.6. The normalized spacial score (nSPS) is 12.4. The fourth-order valence-electron chi connectivity index (χ4n) is 3.33. The lowest BCUT2D eigenvalue weighted by Gasteiger charge is -2.18. The maximum atomic E-state index is 12.7. The number of aryl methyl sites for hydroxylation is 1. The van der Waals surface area contributed by atoms with Crippen LogP contribution in [0.4, 0.5) is 0 Å². The van der Waals surface area contributed by atoms with E-state index in [1.54, 1.807) is 36.4 Å². The van der Waals surface area contributed by atoms with Crippen molar-refractivity contribution in [3.8, 4) is 0 Å². The monoisotopic (exact) mass is 358 g/mol. The highest BCUT2D eigenvalue weighted by Crippen LogP contribution is 2.27. The molecule has 1 aliphatic carbocycles. The lowest BCUT2D eigenvalue weighted by atomic mass is 9.83. The average molecular weight is 358 g/mol. The highest BCUT2D eigenvalue weighted by molar-refractivity contribution is 6.28. The SMILES string of the molecule is O=C(NCCCn1cccc1)c1ccc2c(c1)C(=O)c1ccccc1C2=O. The minimum Gasteiger partial charge on any atom is -0.354 e. The van der Waals surface area contributed by atoms with Crippen molar-refractivity contribution in [3.63, 3.8) is 0 Å². The second-order valence-corrected chi connectivity index (χ2v) is 6.49. The van der Waals surface area contributed by atoms with Crippen molar-refractivity contribution in [2.75, 3.05) is 6.54 Å². The highest BCUT2D eigenvalue weighted by Gasteiger charge is 2.29. The molecule has 0 saturated heterocycles. The van der Waals surface area contributed by atoms with Gasteiger partial charge in [-0.05, 0) is 36.8 Å². The number of nitrogens with zero attached hydrogens (tertiary/aromatic N) is 1. The zero-order chi connectivity index (χ0) is 18.8. The molecule has 0 bridgehead atoms. The fraction of sp³-hybridized carbons (Fsp3) is 0.136. The Kier molecular flexibility index (Phi) is 4.42. The number of fused-ring (bicyclic) bond motifs is 2. The predicted molar refractivity (Wildman–Crippen MR) is 101 cm³/mol. The van der Waals surface area contributed by atoms with Gasteiger partial charge < -0.3 is 9.88 Å². The minimum atomic E-state index is -0.246. The number of aromatic nitrogens is 1. The van der Waals surface area contributed by atoms with E-state index in [0.717, 1.165) is 13.0 Å². The van der Waals surface area contributed by atoms with Crippen LogP contribution in [-0.4, -0.2) is 28.6 Å². The number of carbonyl (C=O) groups is 3. The first-order valence-electron chi connectivity index (χ1n) is 8.86. The molecule has 0 spiro atoms. The third-order valence-electron chi connectivity index (χ3n) is 4.73. The number of carbonyl (C=O) groups excluding carboxylic acids is 3. The molecule has 1 aromatic heterocycles. The zero-order valence-electron chi connectivity index (χ0n) is 14.6. The maximum absolute atomic E-state index is 12.7. The first-order valence-corrected chi connectivity index (χ1v) is 8.86. The Morgan fingerprint density at radius 3 is 2.15 bits per heavy atom. The summed E-state index contributed by atoms with van der Waals surface area (Å²) in [6.45, 7) is 1.35. The van der Waals surface area contributed by atoms with Crippen LogP contribution in [0.5, 0.6) is 0 Å². The molecule has 1 N–H and O–H groups in total. The predicted octanol–water partition coefficient (Wildman–Crippen LogP) is 3.08. The van der Waals surface area contributed by atoms with Gasteiger partial charge in [0.15, 0.2) is 11.6 Å². The molecule has 1 amide bonds. The first kappa shape index (κ1) is 17.0. The Morgan fingerprint density at radius 2 is 1.44 bits per heavy atom. The van der Waals surface area contributed by atoms with E-state index in [1.165, 1.54) is 6.07 Å². The molecule has 2 aromatic carbocycles. The molecule has 3 aromatic rings. The van der Waals surface area contributed by atoms with Gasteiger partial charge in [0.1, 0.15) is 0 Å². The van der Waals surface area contributed by atoms with Crippen LogP contribution in [0.25, 0.3) is 0 Å². The van der Waals surface area contributed by atoms with Gasteiger partial charge in [0, 0.05) is 53.3 Å². The van der Waals surface area contributed by atoms with Gasteiger partial charge in [-0.2, -0.15) is 0 Å². The summed E-state index contributed by atoms with van der Waals surface area (Å²) in [7, 11) is 0. The molecule has 5 heteroatoms. The van der Waals surface area contributed by atoms with Gasteiger partial charge in [0.05, 0.1) is 0 Å². The molecule has 134 valence electrons. The quantitative estimate of drug-likeness (QED) is 0.558. The Labute approximate surface area is 156 Å². The van der Waals surface area contributed by atoms with E-state index in [4.69, 9.17) is 0 Å². The second kappa shape index (κ2) is 7.03. The van der Waals surface area contributed by atoms with Crippen LogP contribution in [-0.2, 0) is 6.54 Å². The third kappa shape index (κ3) is 3.19. The Morgan fingerprint density at radius 1 is 0.815 bits per heavy atom. The van der Waals surface area contributed by atoms with E-state index < -0.39 is 0 Å². The van der Waals surface area contributed by atoms with E-state index in [0.29, 0.717) is 34.4 Å². The Balaban J connectivity index is 1.48. The average Bonchev–Trinajstić information content (AvgIpc) is 3.22. The first-order chi connectivity index (χ1) is 13.1. The van der Waals surface area contributed by atoms with E-state index in [9.17, 15) is 14.4 Å². The number of rotatable bonds is 5. The van der Waals surface area contributed by atoms with Crippen LogP contribution in [0.3, 0.4) is 0 Å². The lowest BCUT2D eigenvalue weighted by Crippen LogP contribution is -2.27. The summed E-state index contributed by atoms with van der Waals surface area (Å²) in [5.41, 5.74) is 1.83. The van der Waals surface area contributed by atoms with Crippen LogP contribution >= 0.6 is 0 Å². The van der Waals surface area contributed by atoms with Gasteiger partial charge in [-0.15, -0.1) is 0 Å². The number of benzene rings is 2. The Bertz CT molecular complexity index is 1040. The van der Waals surface area contributed by atoms with Crippen molar-refractivity contribution in [1.29, 1.82) is 0 Å². The molecule has 0 fully saturated rings. The topological polar surface area (TPSA) is 68.2 Å². The number of hydrogen-bond acceptors (Lipinski definition) is 3. The summed E-state index contributed by atoms with van der Waals surface area (Å²) in [6.07, 6.45) is 4.76.